The van der Waals surface area contributed by atoms with Gasteiger partial charge in [0.25, 0.3) is 0 Å². The van der Waals surface area contributed by atoms with E-state index in [0.717, 1.165) is 23.8 Å². The monoisotopic (exact) mass is 548 g/mol. The fourth-order valence-corrected chi connectivity index (χ4v) is 4.78. The molecule has 0 bridgehead atoms. The van der Waals surface area contributed by atoms with Gasteiger partial charge in [-0.2, -0.15) is 0 Å². The molecule has 1 aliphatic rings. The van der Waals surface area contributed by atoms with Crippen molar-refractivity contribution in [2.24, 2.45) is 12.0 Å². The van der Waals surface area contributed by atoms with E-state index in [1.807, 2.05) is 42.8 Å². The van der Waals surface area contributed by atoms with Gasteiger partial charge < -0.3 is 19.9 Å². The number of ether oxygens (including phenoxy) is 1. The lowest BCUT2D eigenvalue weighted by atomic mass is 10.1. The second-order valence-corrected chi connectivity index (χ2v) is 9.39. The molecule has 1 saturated heterocycles. The standard InChI is InChI=1S/C19H28N6O3S.HI/c1-14-23-24-18(25(14)2)12-21-19(22-16-9-11-29(26,27)13-16)20-10-8-15-4-6-17(28-3)7-5-15;/h4-7,16H,8-13H2,1-3H3,(H2,20,21,22);1H. The van der Waals surface area contributed by atoms with E-state index in [1.165, 1.54) is 5.56 Å². The van der Waals surface area contributed by atoms with Gasteiger partial charge in [-0.3, -0.25) is 0 Å². The Morgan fingerprint density at radius 3 is 2.60 bits per heavy atom. The summed E-state index contributed by atoms with van der Waals surface area (Å²) in [7, 11) is 0.577. The van der Waals surface area contributed by atoms with Crippen LogP contribution in [0.15, 0.2) is 29.3 Å². The first kappa shape index (κ1) is 24.4. The van der Waals surface area contributed by atoms with E-state index in [1.54, 1.807) is 7.11 Å². The van der Waals surface area contributed by atoms with Gasteiger partial charge in [0.05, 0.1) is 18.6 Å². The number of hydrogen-bond acceptors (Lipinski definition) is 6. The number of halogens is 1. The van der Waals surface area contributed by atoms with Crippen molar-refractivity contribution in [3.8, 4) is 5.75 Å². The molecule has 0 saturated carbocycles. The number of nitrogens with one attached hydrogen (secondary N) is 2. The Morgan fingerprint density at radius 1 is 1.30 bits per heavy atom. The third kappa shape index (κ3) is 6.83. The molecule has 9 nitrogen and oxygen atoms in total. The van der Waals surface area contributed by atoms with Crippen molar-refractivity contribution < 1.29 is 13.2 Å². The molecular weight excluding hydrogens is 519 g/mol. The van der Waals surface area contributed by atoms with E-state index >= 15 is 0 Å². The maximum Gasteiger partial charge on any atom is 0.191 e. The number of rotatable bonds is 7. The number of nitrogens with zero attached hydrogens (tertiary/aromatic N) is 4. The Morgan fingerprint density at radius 2 is 2.03 bits per heavy atom. The van der Waals surface area contributed by atoms with Crippen molar-refractivity contribution >= 4 is 39.8 Å². The van der Waals surface area contributed by atoms with Crippen LogP contribution in [0, 0.1) is 6.92 Å². The summed E-state index contributed by atoms with van der Waals surface area (Å²) in [6.07, 6.45) is 1.39. The lowest BCUT2D eigenvalue weighted by molar-refractivity contribution is 0.414. The molecule has 2 N–H and O–H groups in total. The normalized spacial score (nSPS) is 18.0. The number of benzene rings is 1. The molecule has 1 unspecified atom stereocenters. The second-order valence-electron chi connectivity index (χ2n) is 7.16. The molecule has 1 fully saturated rings. The number of sulfone groups is 1. The highest BCUT2D eigenvalue weighted by Crippen LogP contribution is 2.12. The highest BCUT2D eigenvalue weighted by Gasteiger charge is 2.28. The molecule has 3 rings (SSSR count). The van der Waals surface area contributed by atoms with Crippen LogP contribution in [-0.2, 0) is 29.9 Å². The Hall–Kier alpha value is -1.89. The summed E-state index contributed by atoms with van der Waals surface area (Å²) in [4.78, 5) is 4.59. The topological polar surface area (TPSA) is 110 Å². The summed E-state index contributed by atoms with van der Waals surface area (Å²) in [6, 6.07) is 7.78. The van der Waals surface area contributed by atoms with Gasteiger partial charge in [0.1, 0.15) is 18.1 Å². The minimum Gasteiger partial charge on any atom is -0.497 e. The molecule has 0 amide bonds. The van der Waals surface area contributed by atoms with Gasteiger partial charge in [-0.05, 0) is 37.5 Å². The Bertz CT molecular complexity index is 959. The molecule has 11 heteroatoms. The summed E-state index contributed by atoms with van der Waals surface area (Å²) in [5.74, 6) is 3.33. The van der Waals surface area contributed by atoms with Gasteiger partial charge in [0.15, 0.2) is 21.6 Å². The molecule has 166 valence electrons. The lowest BCUT2D eigenvalue weighted by Crippen LogP contribution is -2.44. The average Bonchev–Trinajstić information content (AvgIpc) is 3.21. The largest absolute Gasteiger partial charge is 0.497 e. The average molecular weight is 548 g/mol. The van der Waals surface area contributed by atoms with Gasteiger partial charge in [-0.15, -0.1) is 34.2 Å². The zero-order valence-electron chi connectivity index (χ0n) is 17.5. The third-order valence-corrected chi connectivity index (χ3v) is 6.77. The van der Waals surface area contributed by atoms with Crippen molar-refractivity contribution in [1.82, 2.24) is 25.4 Å². The van der Waals surface area contributed by atoms with E-state index in [4.69, 9.17) is 4.74 Å². The Kier molecular flexibility index (Phi) is 8.89. The van der Waals surface area contributed by atoms with Gasteiger partial charge in [-0.25, -0.2) is 13.4 Å². The van der Waals surface area contributed by atoms with Gasteiger partial charge in [0, 0.05) is 19.6 Å². The fraction of sp³-hybridized carbons (Fsp3) is 0.526. The highest BCUT2D eigenvalue weighted by molar-refractivity contribution is 14.0. The van der Waals surface area contributed by atoms with Crippen LogP contribution in [0.4, 0.5) is 0 Å². The van der Waals surface area contributed by atoms with E-state index in [9.17, 15) is 8.42 Å². The molecule has 0 radical (unpaired) electrons. The number of aryl methyl sites for hydroxylation is 1. The molecular formula is C19H29IN6O3S. The van der Waals surface area contributed by atoms with E-state index < -0.39 is 9.84 Å². The summed E-state index contributed by atoms with van der Waals surface area (Å²) < 4.78 is 30.6. The van der Waals surface area contributed by atoms with Crippen LogP contribution in [-0.4, -0.2) is 60.3 Å². The maximum absolute atomic E-state index is 11.8. The van der Waals surface area contributed by atoms with E-state index in [2.05, 4.69) is 25.8 Å². The Balaban J connectivity index is 0.00000320. The van der Waals surface area contributed by atoms with Crippen LogP contribution in [0.25, 0.3) is 0 Å². The number of methoxy groups -OCH3 is 1. The maximum atomic E-state index is 11.8. The number of hydrogen-bond donors (Lipinski definition) is 2. The van der Waals surface area contributed by atoms with Crippen LogP contribution >= 0.6 is 24.0 Å². The molecule has 1 aromatic heterocycles. The fourth-order valence-electron chi connectivity index (χ4n) is 3.11. The van der Waals surface area contributed by atoms with Crippen molar-refractivity contribution in [1.29, 1.82) is 0 Å². The summed E-state index contributed by atoms with van der Waals surface area (Å²) in [5.41, 5.74) is 1.17. The first-order chi connectivity index (χ1) is 13.9. The van der Waals surface area contributed by atoms with Crippen molar-refractivity contribution in [2.45, 2.75) is 32.4 Å². The number of guanidine groups is 1. The summed E-state index contributed by atoms with van der Waals surface area (Å²) in [5, 5.41) is 14.7. The first-order valence-electron chi connectivity index (χ1n) is 9.59. The van der Waals surface area contributed by atoms with Gasteiger partial charge in [-0.1, -0.05) is 12.1 Å². The molecule has 30 heavy (non-hydrogen) atoms. The summed E-state index contributed by atoms with van der Waals surface area (Å²) >= 11 is 0. The van der Waals surface area contributed by atoms with Crippen LogP contribution < -0.4 is 15.4 Å². The van der Waals surface area contributed by atoms with Gasteiger partial charge >= 0.3 is 0 Å². The highest BCUT2D eigenvalue weighted by atomic mass is 127. The van der Waals surface area contributed by atoms with Crippen molar-refractivity contribution in [2.75, 3.05) is 25.2 Å². The first-order valence-corrected chi connectivity index (χ1v) is 11.4. The number of aromatic nitrogens is 3. The number of aliphatic imine (C=N–C) groups is 1. The molecule has 2 heterocycles. The van der Waals surface area contributed by atoms with E-state index in [-0.39, 0.29) is 41.5 Å². The molecule has 1 aromatic carbocycles. The molecule has 0 aliphatic carbocycles. The minimum absolute atomic E-state index is 0. The molecule has 1 atom stereocenters. The quantitative estimate of drug-likeness (QED) is 0.304. The van der Waals surface area contributed by atoms with Crippen molar-refractivity contribution in [3.05, 3.63) is 41.5 Å². The molecule has 0 spiro atoms. The van der Waals surface area contributed by atoms with Crippen molar-refractivity contribution in [3.63, 3.8) is 0 Å². The van der Waals surface area contributed by atoms with Crippen LogP contribution in [0.3, 0.4) is 0 Å². The Labute approximate surface area is 194 Å². The van der Waals surface area contributed by atoms with Crippen LogP contribution in [0.1, 0.15) is 23.6 Å². The zero-order valence-corrected chi connectivity index (χ0v) is 20.6. The second kappa shape index (κ2) is 10.9. The third-order valence-electron chi connectivity index (χ3n) is 5.00. The van der Waals surface area contributed by atoms with Crippen LogP contribution in [0.5, 0.6) is 5.75 Å². The smallest absolute Gasteiger partial charge is 0.191 e. The minimum atomic E-state index is -2.97. The predicted molar refractivity (Wildman–Crippen MR) is 127 cm³/mol. The lowest BCUT2D eigenvalue weighted by Gasteiger charge is -2.17. The zero-order chi connectivity index (χ0) is 20.9. The summed E-state index contributed by atoms with van der Waals surface area (Å²) in [6.45, 7) is 2.90. The van der Waals surface area contributed by atoms with Gasteiger partial charge in [0.2, 0.25) is 0 Å². The SMILES string of the molecule is COc1ccc(CCNC(=NCc2nnc(C)n2C)NC2CCS(=O)(=O)C2)cc1.I. The molecule has 2 aromatic rings. The molecule has 1 aliphatic heterocycles. The van der Waals surface area contributed by atoms with E-state index in [0.29, 0.717) is 25.5 Å². The predicted octanol–water partition coefficient (Wildman–Crippen LogP) is 1.22. The van der Waals surface area contributed by atoms with Crippen LogP contribution in [0.2, 0.25) is 0 Å².